The Labute approximate surface area is 146 Å². The number of hydrogen-bond acceptors (Lipinski definition) is 4. The van der Waals surface area contributed by atoms with E-state index in [2.05, 4.69) is 20.6 Å². The van der Waals surface area contributed by atoms with Crippen molar-refractivity contribution in [2.75, 3.05) is 11.9 Å². The third-order valence-electron chi connectivity index (χ3n) is 3.10. The topological polar surface area (TPSA) is 76.1 Å². The van der Waals surface area contributed by atoms with Crippen LogP contribution in [0.2, 0.25) is 0 Å². The number of benzene rings is 1. The molecule has 0 aliphatic rings. The van der Waals surface area contributed by atoms with Gasteiger partial charge in [-0.2, -0.15) is 13.2 Å². The van der Waals surface area contributed by atoms with Gasteiger partial charge in [0, 0.05) is 11.8 Å². The van der Waals surface area contributed by atoms with Crippen molar-refractivity contribution in [1.29, 1.82) is 0 Å². The number of halogens is 4. The average molecular weight is 372 g/mol. The van der Waals surface area contributed by atoms with Crippen molar-refractivity contribution in [2.45, 2.75) is 26.6 Å². The molecule has 0 spiro atoms. The molecule has 0 atom stereocenters. The van der Waals surface area contributed by atoms with E-state index in [-0.39, 0.29) is 23.8 Å². The highest BCUT2D eigenvalue weighted by molar-refractivity contribution is 5.89. The van der Waals surface area contributed by atoms with Crippen LogP contribution >= 0.6 is 0 Å². The zero-order valence-corrected chi connectivity index (χ0v) is 13.9. The number of aromatic nitrogens is 2. The highest BCUT2D eigenvalue weighted by Gasteiger charge is 2.33. The number of urea groups is 1. The minimum atomic E-state index is -4.61. The van der Waals surface area contributed by atoms with E-state index in [9.17, 15) is 22.4 Å². The lowest BCUT2D eigenvalue weighted by Gasteiger charge is -2.11. The van der Waals surface area contributed by atoms with Crippen LogP contribution in [0, 0.1) is 12.7 Å². The van der Waals surface area contributed by atoms with Crippen LogP contribution in [0.5, 0.6) is 5.75 Å². The van der Waals surface area contributed by atoms with Gasteiger partial charge in [0.05, 0.1) is 18.8 Å². The van der Waals surface area contributed by atoms with Crippen LogP contribution in [0.15, 0.2) is 24.3 Å². The van der Waals surface area contributed by atoms with Crippen LogP contribution in [0.3, 0.4) is 0 Å². The summed E-state index contributed by atoms with van der Waals surface area (Å²) in [5, 5.41) is 4.53. The number of hydrogen-bond donors (Lipinski definition) is 2. The van der Waals surface area contributed by atoms with Gasteiger partial charge in [-0.25, -0.2) is 19.2 Å². The van der Waals surface area contributed by atoms with E-state index < -0.39 is 23.7 Å². The Morgan fingerprint density at radius 2 is 1.96 bits per heavy atom. The number of ether oxygens (including phenoxy) is 1. The molecule has 2 rings (SSSR count). The van der Waals surface area contributed by atoms with Crippen LogP contribution in [0.4, 0.5) is 28.0 Å². The smallest absolute Gasteiger partial charge is 0.433 e. The lowest BCUT2D eigenvalue weighted by molar-refractivity contribution is -0.141. The largest absolute Gasteiger partial charge is 0.494 e. The minimum Gasteiger partial charge on any atom is -0.494 e. The van der Waals surface area contributed by atoms with Gasteiger partial charge in [0.1, 0.15) is 23.1 Å². The third kappa shape index (κ3) is 5.30. The molecule has 0 aliphatic heterocycles. The summed E-state index contributed by atoms with van der Waals surface area (Å²) in [5.41, 5.74) is -1.09. The molecule has 1 heterocycles. The maximum absolute atomic E-state index is 13.9. The molecular formula is C16H16F4N4O2. The van der Waals surface area contributed by atoms with Crippen molar-refractivity contribution in [3.05, 3.63) is 47.3 Å². The van der Waals surface area contributed by atoms with Crippen LogP contribution in [-0.4, -0.2) is 22.6 Å². The molecular weight excluding hydrogens is 356 g/mol. The van der Waals surface area contributed by atoms with Crippen LogP contribution in [0.1, 0.15) is 24.1 Å². The monoisotopic (exact) mass is 372 g/mol. The number of nitrogens with zero attached hydrogens (tertiary/aromatic N) is 2. The Morgan fingerprint density at radius 3 is 2.58 bits per heavy atom. The molecule has 1 aromatic carbocycles. The maximum Gasteiger partial charge on any atom is 0.433 e. The van der Waals surface area contributed by atoms with Gasteiger partial charge in [0.2, 0.25) is 0 Å². The molecule has 26 heavy (non-hydrogen) atoms. The fourth-order valence-electron chi connectivity index (χ4n) is 2.03. The molecule has 2 N–H and O–H groups in total. The van der Waals surface area contributed by atoms with Crippen molar-refractivity contribution in [2.24, 2.45) is 0 Å². The summed E-state index contributed by atoms with van der Waals surface area (Å²) in [5.74, 6) is -0.610. The lowest BCUT2D eigenvalue weighted by Crippen LogP contribution is -2.29. The van der Waals surface area contributed by atoms with Crippen molar-refractivity contribution in [3.8, 4) is 5.75 Å². The van der Waals surface area contributed by atoms with Crippen molar-refractivity contribution < 1.29 is 27.1 Å². The highest BCUT2D eigenvalue weighted by atomic mass is 19.4. The van der Waals surface area contributed by atoms with Gasteiger partial charge in [-0.3, -0.25) is 0 Å². The van der Waals surface area contributed by atoms with E-state index >= 15 is 0 Å². The van der Waals surface area contributed by atoms with Crippen molar-refractivity contribution in [3.63, 3.8) is 0 Å². The van der Waals surface area contributed by atoms with Gasteiger partial charge < -0.3 is 15.4 Å². The molecule has 0 aliphatic carbocycles. The van der Waals surface area contributed by atoms with Gasteiger partial charge in [0.15, 0.2) is 0 Å². The summed E-state index contributed by atoms with van der Waals surface area (Å²) >= 11 is 0. The molecule has 140 valence electrons. The van der Waals surface area contributed by atoms with E-state index in [1.807, 2.05) is 0 Å². The zero-order chi connectivity index (χ0) is 19.3. The van der Waals surface area contributed by atoms with E-state index in [1.54, 1.807) is 6.92 Å². The summed E-state index contributed by atoms with van der Waals surface area (Å²) in [6.45, 7) is 3.14. The predicted molar refractivity (Wildman–Crippen MR) is 85.2 cm³/mol. The first-order chi connectivity index (χ1) is 12.2. The number of amides is 2. The number of nitrogens with one attached hydrogen (secondary N) is 2. The lowest BCUT2D eigenvalue weighted by atomic mass is 10.3. The van der Waals surface area contributed by atoms with E-state index in [4.69, 9.17) is 4.74 Å². The predicted octanol–water partition coefficient (Wildman–Crippen LogP) is 3.66. The molecule has 0 unspecified atom stereocenters. The molecule has 2 amide bonds. The first kappa shape index (κ1) is 19.4. The van der Waals surface area contributed by atoms with Gasteiger partial charge in [0.25, 0.3) is 0 Å². The second-order valence-electron chi connectivity index (χ2n) is 5.19. The van der Waals surface area contributed by atoms with E-state index in [0.717, 1.165) is 12.1 Å². The maximum atomic E-state index is 13.9. The SMILES string of the molecule is CCOc1ccc(NC(=O)NCc2nc(C)cc(C(F)(F)F)n2)c(F)c1. The Hall–Kier alpha value is -2.91. The van der Waals surface area contributed by atoms with Crippen LogP contribution in [-0.2, 0) is 12.7 Å². The molecule has 0 saturated heterocycles. The van der Waals surface area contributed by atoms with E-state index in [0.29, 0.717) is 12.4 Å². The molecule has 1 aromatic heterocycles. The normalized spacial score (nSPS) is 11.2. The van der Waals surface area contributed by atoms with Gasteiger partial charge in [-0.05, 0) is 32.0 Å². The highest BCUT2D eigenvalue weighted by Crippen LogP contribution is 2.27. The second-order valence-corrected chi connectivity index (χ2v) is 5.19. The standard InChI is InChI=1S/C16H16F4N4O2/c1-3-26-10-4-5-12(11(17)7-10)23-15(25)21-8-14-22-9(2)6-13(24-14)16(18,19)20/h4-7H,3,8H2,1-2H3,(H2,21,23,25). The minimum absolute atomic E-state index is 0.105. The van der Waals surface area contributed by atoms with Crippen LogP contribution < -0.4 is 15.4 Å². The quantitative estimate of drug-likeness (QED) is 0.786. The molecule has 0 bridgehead atoms. The molecule has 10 heteroatoms. The van der Waals surface area contributed by atoms with Gasteiger partial charge in [-0.1, -0.05) is 0 Å². The Balaban J connectivity index is 2.00. The average Bonchev–Trinajstić information content (AvgIpc) is 2.54. The molecule has 0 saturated carbocycles. The van der Waals surface area contributed by atoms with Crippen molar-refractivity contribution in [1.82, 2.24) is 15.3 Å². The number of anilines is 1. The molecule has 0 radical (unpaired) electrons. The number of aryl methyl sites for hydroxylation is 1. The molecule has 6 nitrogen and oxygen atoms in total. The summed E-state index contributed by atoms with van der Waals surface area (Å²) in [6, 6.07) is 3.88. The Morgan fingerprint density at radius 1 is 1.23 bits per heavy atom. The number of carbonyl (C=O) groups is 1. The summed E-state index contributed by atoms with van der Waals surface area (Å²) in [6.07, 6.45) is -4.61. The zero-order valence-electron chi connectivity index (χ0n) is 13.9. The first-order valence-electron chi connectivity index (χ1n) is 7.58. The summed E-state index contributed by atoms with van der Waals surface area (Å²) in [4.78, 5) is 19.0. The Kier molecular flexibility index (Phi) is 5.96. The van der Waals surface area contributed by atoms with E-state index in [1.165, 1.54) is 19.1 Å². The Bertz CT molecular complexity index is 796. The second kappa shape index (κ2) is 7.98. The fourth-order valence-corrected chi connectivity index (χ4v) is 2.03. The van der Waals surface area contributed by atoms with Crippen LogP contribution in [0.25, 0.3) is 0 Å². The van der Waals surface area contributed by atoms with Crippen molar-refractivity contribution >= 4 is 11.7 Å². The number of carbonyl (C=O) groups excluding carboxylic acids is 1. The first-order valence-corrected chi connectivity index (χ1v) is 7.58. The van der Waals surface area contributed by atoms with Gasteiger partial charge in [-0.15, -0.1) is 0 Å². The third-order valence-corrected chi connectivity index (χ3v) is 3.10. The summed E-state index contributed by atoms with van der Waals surface area (Å²) < 4.78 is 57.2. The fraction of sp³-hybridized carbons (Fsp3) is 0.312. The molecule has 2 aromatic rings. The number of alkyl halides is 3. The molecule has 0 fully saturated rings. The number of rotatable bonds is 5. The van der Waals surface area contributed by atoms with Gasteiger partial charge >= 0.3 is 12.2 Å². The summed E-state index contributed by atoms with van der Waals surface area (Å²) in [7, 11) is 0.